The molecule has 1 N–H and O–H groups in total. The zero-order valence-corrected chi connectivity index (χ0v) is 19.7. The fraction of sp³-hybridized carbons (Fsp3) is 0.138. The average Bonchev–Trinajstić information content (AvgIpc) is 3.69. The molecule has 8 heteroatoms. The van der Waals surface area contributed by atoms with Crippen molar-refractivity contribution in [2.75, 3.05) is 13.2 Å². The van der Waals surface area contributed by atoms with Crippen molar-refractivity contribution in [2.45, 2.75) is 12.8 Å². The van der Waals surface area contributed by atoms with E-state index < -0.39 is 6.29 Å². The Balaban J connectivity index is 1.23. The van der Waals surface area contributed by atoms with Crippen LogP contribution in [0.1, 0.15) is 17.6 Å². The second-order valence-corrected chi connectivity index (χ2v) is 9.28. The molecular formula is C29H21N5O3. The number of aromatic amines is 1. The van der Waals surface area contributed by atoms with Crippen molar-refractivity contribution < 1.29 is 13.9 Å². The minimum Gasteiger partial charge on any atom is -0.456 e. The van der Waals surface area contributed by atoms with E-state index in [-0.39, 0.29) is 0 Å². The molecule has 2 bridgehead atoms. The number of H-pyrrole nitrogens is 1. The summed E-state index contributed by atoms with van der Waals surface area (Å²) in [6.45, 7) is 1.86. The molecule has 5 aromatic heterocycles. The zero-order valence-electron chi connectivity index (χ0n) is 19.7. The number of hydrogen-bond donors (Lipinski definition) is 1. The fourth-order valence-electron chi connectivity index (χ4n) is 5.13. The van der Waals surface area contributed by atoms with Crippen LogP contribution in [-0.4, -0.2) is 37.9 Å². The Bertz CT molecular complexity index is 1860. The maximum Gasteiger partial charge on any atom is 0.230 e. The van der Waals surface area contributed by atoms with E-state index >= 15 is 0 Å². The van der Waals surface area contributed by atoms with Crippen molar-refractivity contribution in [3.63, 3.8) is 0 Å². The van der Waals surface area contributed by atoms with Gasteiger partial charge < -0.3 is 18.9 Å². The number of hydrogen-bond acceptors (Lipinski definition) is 6. The Hall–Kier alpha value is -4.53. The lowest BCUT2D eigenvalue weighted by Gasteiger charge is -2.14. The van der Waals surface area contributed by atoms with E-state index in [9.17, 15) is 0 Å². The molecule has 6 heterocycles. The molecule has 0 unspecified atom stereocenters. The van der Waals surface area contributed by atoms with E-state index in [2.05, 4.69) is 63.6 Å². The first-order valence-corrected chi connectivity index (χ1v) is 12.2. The van der Waals surface area contributed by atoms with E-state index in [0.717, 1.165) is 56.4 Å². The summed E-state index contributed by atoms with van der Waals surface area (Å²) in [5.41, 5.74) is 7.05. The van der Waals surface area contributed by atoms with Gasteiger partial charge in [0.25, 0.3) is 0 Å². The van der Waals surface area contributed by atoms with Crippen LogP contribution in [0, 0.1) is 0 Å². The van der Waals surface area contributed by atoms with Crippen molar-refractivity contribution >= 4 is 33.2 Å². The number of benzene rings is 3. The van der Waals surface area contributed by atoms with Gasteiger partial charge in [0.2, 0.25) is 12.1 Å². The van der Waals surface area contributed by atoms with Crippen molar-refractivity contribution in [3.05, 3.63) is 90.3 Å². The Kier molecular flexibility index (Phi) is 4.46. The van der Waals surface area contributed by atoms with Crippen molar-refractivity contribution in [1.82, 2.24) is 24.7 Å². The van der Waals surface area contributed by atoms with Gasteiger partial charge in [-0.1, -0.05) is 36.4 Å². The molecule has 180 valence electrons. The highest BCUT2D eigenvalue weighted by atomic mass is 16.7. The lowest BCUT2D eigenvalue weighted by atomic mass is 9.96. The van der Waals surface area contributed by atoms with Crippen LogP contribution in [0.4, 0.5) is 0 Å². The predicted molar refractivity (Wildman–Crippen MR) is 139 cm³/mol. The van der Waals surface area contributed by atoms with Crippen LogP contribution in [0.15, 0.2) is 83.4 Å². The lowest BCUT2D eigenvalue weighted by Crippen LogP contribution is -2.01. The summed E-state index contributed by atoms with van der Waals surface area (Å²) < 4.78 is 19.4. The number of ether oxygens (including phenoxy) is 2. The van der Waals surface area contributed by atoms with Gasteiger partial charge >= 0.3 is 0 Å². The van der Waals surface area contributed by atoms with Gasteiger partial charge in [0.1, 0.15) is 11.4 Å². The van der Waals surface area contributed by atoms with E-state index in [4.69, 9.17) is 18.9 Å². The van der Waals surface area contributed by atoms with Gasteiger partial charge in [0.15, 0.2) is 5.76 Å². The van der Waals surface area contributed by atoms with Crippen LogP contribution in [0.3, 0.4) is 0 Å². The molecule has 1 aliphatic heterocycles. The molecule has 1 aliphatic rings. The van der Waals surface area contributed by atoms with Crippen LogP contribution in [0.2, 0.25) is 0 Å². The van der Waals surface area contributed by atoms with Gasteiger partial charge in [0, 0.05) is 10.9 Å². The highest BCUT2D eigenvalue weighted by molar-refractivity contribution is 6.08. The van der Waals surface area contributed by atoms with Crippen LogP contribution in [0.25, 0.3) is 55.7 Å². The van der Waals surface area contributed by atoms with E-state index in [1.165, 1.54) is 5.56 Å². The molecule has 8 aromatic rings. The Labute approximate surface area is 210 Å². The van der Waals surface area contributed by atoms with Gasteiger partial charge in [-0.2, -0.15) is 10.1 Å². The maximum absolute atomic E-state index is 6.15. The molecule has 37 heavy (non-hydrogen) atoms. The van der Waals surface area contributed by atoms with Gasteiger partial charge in [-0.05, 0) is 53.1 Å². The van der Waals surface area contributed by atoms with Crippen molar-refractivity contribution in [2.24, 2.45) is 0 Å². The summed E-state index contributed by atoms with van der Waals surface area (Å²) in [6, 6.07) is 24.9. The standard InChI is InChI=1S/C29H21N5O3/c1-2-4-17(5-3-1)16-34-23-7-6-18(12-20(23)15-30-34)21-13-19(14-22-26(21)27-32-29(31-22)33-27)24-8-9-25(37-24)28-35-10-11-36-28/h1-9,12-15,28H,10-11,16H2,(H,31,32,33). The fourth-order valence-corrected chi connectivity index (χ4v) is 5.13. The normalized spacial score (nSPS) is 14.6. The van der Waals surface area contributed by atoms with Crippen molar-refractivity contribution in [3.8, 4) is 22.5 Å². The third-order valence-corrected chi connectivity index (χ3v) is 6.92. The van der Waals surface area contributed by atoms with Gasteiger partial charge in [-0.25, -0.2) is 4.98 Å². The first-order valence-electron chi connectivity index (χ1n) is 12.2. The first kappa shape index (κ1) is 20.6. The summed E-state index contributed by atoms with van der Waals surface area (Å²) in [4.78, 5) is 12.4. The summed E-state index contributed by atoms with van der Waals surface area (Å²) in [5, 5.41) is 6.73. The van der Waals surface area contributed by atoms with Gasteiger partial charge in [-0.3, -0.25) is 4.68 Å². The van der Waals surface area contributed by atoms with Crippen LogP contribution in [-0.2, 0) is 16.0 Å². The Morgan fingerprint density at radius 2 is 1.76 bits per heavy atom. The third kappa shape index (κ3) is 3.41. The summed E-state index contributed by atoms with van der Waals surface area (Å²) in [5.74, 6) is 2.04. The number of rotatable bonds is 5. The van der Waals surface area contributed by atoms with E-state index in [1.807, 2.05) is 35.1 Å². The summed E-state index contributed by atoms with van der Waals surface area (Å²) in [7, 11) is 0. The second kappa shape index (κ2) is 7.99. The van der Waals surface area contributed by atoms with Crippen LogP contribution < -0.4 is 0 Å². The molecule has 1 fully saturated rings. The molecule has 0 radical (unpaired) electrons. The first-order chi connectivity index (χ1) is 18.3. The van der Waals surface area contributed by atoms with E-state index in [1.54, 1.807) is 0 Å². The highest BCUT2D eigenvalue weighted by Crippen LogP contribution is 2.38. The molecule has 1 saturated heterocycles. The molecule has 8 nitrogen and oxygen atoms in total. The van der Waals surface area contributed by atoms with Crippen LogP contribution in [0.5, 0.6) is 0 Å². The molecular weight excluding hydrogens is 466 g/mol. The second-order valence-electron chi connectivity index (χ2n) is 9.28. The minimum atomic E-state index is -0.452. The Morgan fingerprint density at radius 3 is 2.62 bits per heavy atom. The largest absolute Gasteiger partial charge is 0.456 e. The molecule has 0 atom stereocenters. The number of fused-ring (bicyclic) bond motifs is 1. The average molecular weight is 488 g/mol. The predicted octanol–water partition coefficient (Wildman–Crippen LogP) is 5.92. The van der Waals surface area contributed by atoms with Gasteiger partial charge in [-0.15, -0.1) is 0 Å². The SMILES string of the molecule is c1ccc(Cn2ncc3cc(-c4cc(-c5ccc(C6OCCO6)o5)cc5nc6nc([nH]6)c45)ccc32)cc1. The smallest absolute Gasteiger partial charge is 0.230 e. The lowest BCUT2D eigenvalue weighted by molar-refractivity contribution is -0.0585. The quantitative estimate of drug-likeness (QED) is 0.324. The van der Waals surface area contributed by atoms with E-state index in [0.29, 0.717) is 24.8 Å². The molecule has 0 saturated carbocycles. The van der Waals surface area contributed by atoms with Crippen molar-refractivity contribution in [1.29, 1.82) is 0 Å². The molecule has 0 aliphatic carbocycles. The number of furan rings is 1. The molecule has 0 spiro atoms. The molecule has 3 aromatic carbocycles. The van der Waals surface area contributed by atoms with Gasteiger partial charge in [0.05, 0.1) is 42.4 Å². The zero-order chi connectivity index (χ0) is 24.3. The third-order valence-electron chi connectivity index (χ3n) is 6.92. The summed E-state index contributed by atoms with van der Waals surface area (Å²) >= 11 is 0. The van der Waals surface area contributed by atoms with Crippen LogP contribution >= 0.6 is 0 Å². The molecule has 9 rings (SSSR count). The maximum atomic E-state index is 6.15. The minimum absolute atomic E-state index is 0.452. The molecule has 0 amide bonds. The number of nitrogens with one attached hydrogen (secondary N) is 1. The topological polar surface area (TPSA) is 91.0 Å². The Morgan fingerprint density at radius 1 is 0.892 bits per heavy atom. The number of aromatic nitrogens is 5. The number of nitrogens with zero attached hydrogens (tertiary/aromatic N) is 4. The summed E-state index contributed by atoms with van der Waals surface area (Å²) in [6.07, 6.45) is 1.47. The highest BCUT2D eigenvalue weighted by Gasteiger charge is 2.23. The monoisotopic (exact) mass is 487 g/mol.